The zero-order valence-electron chi connectivity index (χ0n) is 14.6. The van der Waals surface area contributed by atoms with Crippen LogP contribution in [-0.2, 0) is 9.63 Å². The lowest BCUT2D eigenvalue weighted by atomic mass is 9.88. The molecule has 0 aliphatic carbocycles. The lowest BCUT2D eigenvalue weighted by molar-refractivity contribution is -0.134. The van der Waals surface area contributed by atoms with E-state index in [9.17, 15) is 4.79 Å². The first kappa shape index (κ1) is 17.6. The van der Waals surface area contributed by atoms with Crippen LogP contribution in [0.1, 0.15) is 36.3 Å². The lowest BCUT2D eigenvalue weighted by Gasteiger charge is -2.18. The van der Waals surface area contributed by atoms with E-state index in [2.05, 4.69) is 34.6 Å². The second kappa shape index (κ2) is 9.35. The number of rotatable bonds is 8. The van der Waals surface area contributed by atoms with Gasteiger partial charge in [0.25, 0.3) is 0 Å². The van der Waals surface area contributed by atoms with E-state index in [0.29, 0.717) is 13.0 Å². The van der Waals surface area contributed by atoms with Crippen LogP contribution in [0.4, 0.5) is 0 Å². The molecular formula is C21H26N2O2. The Balaban J connectivity index is 1.53. The van der Waals surface area contributed by atoms with Gasteiger partial charge in [-0.3, -0.25) is 9.63 Å². The van der Waals surface area contributed by atoms with Crippen molar-refractivity contribution in [2.24, 2.45) is 0 Å². The fraction of sp³-hybridized carbons (Fsp3) is 0.381. The molecule has 0 spiro atoms. The number of nitrogens with zero attached hydrogens (tertiary/aromatic N) is 1. The van der Waals surface area contributed by atoms with E-state index in [1.807, 2.05) is 36.4 Å². The highest BCUT2D eigenvalue weighted by atomic mass is 16.6. The third-order valence-corrected chi connectivity index (χ3v) is 4.69. The Bertz CT molecular complexity index is 600. The molecule has 1 aliphatic heterocycles. The minimum atomic E-state index is -0.0841. The van der Waals surface area contributed by atoms with Crippen LogP contribution in [0.2, 0.25) is 0 Å². The molecule has 0 radical (unpaired) electrons. The van der Waals surface area contributed by atoms with Crippen LogP contribution < -0.4 is 5.48 Å². The van der Waals surface area contributed by atoms with Gasteiger partial charge in [-0.05, 0) is 37.1 Å². The molecule has 4 heteroatoms. The Morgan fingerprint density at radius 1 is 0.960 bits per heavy atom. The topological polar surface area (TPSA) is 41.6 Å². The summed E-state index contributed by atoms with van der Waals surface area (Å²) in [7, 11) is 0. The van der Waals surface area contributed by atoms with Crippen molar-refractivity contribution < 1.29 is 9.63 Å². The largest absolute Gasteiger partial charge is 0.301 e. The quantitative estimate of drug-likeness (QED) is 0.593. The fourth-order valence-electron chi connectivity index (χ4n) is 3.34. The SMILES string of the molecule is O=C(CC(c1ccccc1)c1ccccc1)NOCCN1CCCC1. The van der Waals surface area contributed by atoms with E-state index in [1.165, 1.54) is 12.8 Å². The highest BCUT2D eigenvalue weighted by molar-refractivity contribution is 5.76. The van der Waals surface area contributed by atoms with Crippen molar-refractivity contribution in [1.82, 2.24) is 10.4 Å². The zero-order chi connectivity index (χ0) is 17.3. The third-order valence-electron chi connectivity index (χ3n) is 4.69. The number of hydroxylamine groups is 1. The van der Waals surface area contributed by atoms with Gasteiger partial charge in [0.1, 0.15) is 0 Å². The predicted molar refractivity (Wildman–Crippen MR) is 99.1 cm³/mol. The molecule has 0 atom stereocenters. The molecule has 4 nitrogen and oxygen atoms in total. The smallest absolute Gasteiger partial charge is 0.244 e. The average Bonchev–Trinajstić information content (AvgIpc) is 3.18. The Labute approximate surface area is 149 Å². The van der Waals surface area contributed by atoms with Crippen LogP contribution in [-0.4, -0.2) is 37.0 Å². The second-order valence-corrected chi connectivity index (χ2v) is 6.50. The summed E-state index contributed by atoms with van der Waals surface area (Å²) in [5.74, 6) is -0.0521. The van der Waals surface area contributed by atoms with Gasteiger partial charge in [-0.2, -0.15) is 0 Å². The summed E-state index contributed by atoms with van der Waals surface area (Å²) in [6.07, 6.45) is 2.90. The highest BCUT2D eigenvalue weighted by Crippen LogP contribution is 2.27. The van der Waals surface area contributed by atoms with E-state index in [4.69, 9.17) is 4.84 Å². The van der Waals surface area contributed by atoms with E-state index in [-0.39, 0.29) is 11.8 Å². The van der Waals surface area contributed by atoms with E-state index >= 15 is 0 Å². The van der Waals surface area contributed by atoms with Gasteiger partial charge in [0, 0.05) is 18.9 Å². The van der Waals surface area contributed by atoms with Gasteiger partial charge in [0.15, 0.2) is 0 Å². The number of benzene rings is 2. The molecule has 1 saturated heterocycles. The van der Waals surface area contributed by atoms with Crippen molar-refractivity contribution in [2.75, 3.05) is 26.2 Å². The summed E-state index contributed by atoms with van der Waals surface area (Å²) in [5.41, 5.74) is 4.89. The Hall–Kier alpha value is -2.17. The molecule has 1 N–H and O–H groups in total. The van der Waals surface area contributed by atoms with Crippen LogP contribution in [0, 0.1) is 0 Å². The standard InChI is InChI=1S/C21H26N2O2/c24-21(22-25-16-15-23-13-7-8-14-23)17-20(18-9-3-1-4-10-18)19-11-5-2-6-12-19/h1-6,9-12,20H,7-8,13-17H2,(H,22,24). The van der Waals surface area contributed by atoms with Crippen LogP contribution >= 0.6 is 0 Å². The maximum atomic E-state index is 12.3. The molecule has 0 saturated carbocycles. The summed E-state index contributed by atoms with van der Waals surface area (Å²) >= 11 is 0. The molecule has 25 heavy (non-hydrogen) atoms. The number of hydrogen-bond donors (Lipinski definition) is 1. The summed E-state index contributed by atoms with van der Waals surface area (Å²) in [6, 6.07) is 20.3. The Morgan fingerprint density at radius 3 is 2.08 bits per heavy atom. The molecule has 1 aliphatic rings. The fourth-order valence-corrected chi connectivity index (χ4v) is 3.34. The molecule has 0 unspecified atom stereocenters. The molecular weight excluding hydrogens is 312 g/mol. The van der Waals surface area contributed by atoms with Gasteiger partial charge in [-0.15, -0.1) is 0 Å². The molecule has 1 amide bonds. The molecule has 0 aromatic heterocycles. The average molecular weight is 338 g/mol. The van der Waals surface area contributed by atoms with Crippen LogP contribution in [0.5, 0.6) is 0 Å². The monoisotopic (exact) mass is 338 g/mol. The number of carbonyl (C=O) groups is 1. The van der Waals surface area contributed by atoms with Crippen molar-refractivity contribution >= 4 is 5.91 Å². The van der Waals surface area contributed by atoms with Gasteiger partial charge in [-0.1, -0.05) is 60.7 Å². The van der Waals surface area contributed by atoms with Crippen LogP contribution in [0.25, 0.3) is 0 Å². The first-order valence-electron chi connectivity index (χ1n) is 9.06. The van der Waals surface area contributed by atoms with E-state index in [0.717, 1.165) is 30.8 Å². The van der Waals surface area contributed by atoms with Crippen LogP contribution in [0.15, 0.2) is 60.7 Å². The predicted octanol–water partition coefficient (Wildman–Crippen LogP) is 3.35. The van der Waals surface area contributed by atoms with E-state index in [1.54, 1.807) is 0 Å². The second-order valence-electron chi connectivity index (χ2n) is 6.50. The third kappa shape index (κ3) is 5.41. The molecule has 1 heterocycles. The number of hydrogen-bond acceptors (Lipinski definition) is 3. The number of carbonyl (C=O) groups excluding carboxylic acids is 1. The number of amides is 1. The summed E-state index contributed by atoms with van der Waals surface area (Å²) in [6.45, 7) is 3.69. The van der Waals surface area contributed by atoms with Crippen molar-refractivity contribution in [3.63, 3.8) is 0 Å². The van der Waals surface area contributed by atoms with Gasteiger partial charge in [0.2, 0.25) is 5.91 Å². The Kier molecular flexibility index (Phi) is 6.60. The maximum absolute atomic E-state index is 12.3. The van der Waals surface area contributed by atoms with Crippen molar-refractivity contribution in [1.29, 1.82) is 0 Å². The molecule has 3 rings (SSSR count). The van der Waals surface area contributed by atoms with Crippen molar-refractivity contribution in [3.05, 3.63) is 71.8 Å². The molecule has 0 bridgehead atoms. The minimum absolute atomic E-state index is 0.0320. The number of likely N-dealkylation sites (tertiary alicyclic amines) is 1. The van der Waals surface area contributed by atoms with Gasteiger partial charge in [-0.25, -0.2) is 5.48 Å². The summed E-state index contributed by atoms with van der Waals surface area (Å²) in [5, 5.41) is 0. The molecule has 2 aromatic carbocycles. The van der Waals surface area contributed by atoms with E-state index < -0.39 is 0 Å². The molecule has 132 valence electrons. The number of nitrogens with one attached hydrogen (secondary N) is 1. The normalized spacial score (nSPS) is 14.8. The van der Waals surface area contributed by atoms with Crippen LogP contribution in [0.3, 0.4) is 0 Å². The van der Waals surface area contributed by atoms with Gasteiger partial charge in [0.05, 0.1) is 6.61 Å². The first-order valence-corrected chi connectivity index (χ1v) is 9.06. The lowest BCUT2D eigenvalue weighted by Crippen LogP contribution is -2.30. The summed E-state index contributed by atoms with van der Waals surface area (Å²) < 4.78 is 0. The minimum Gasteiger partial charge on any atom is -0.301 e. The zero-order valence-corrected chi connectivity index (χ0v) is 14.6. The van der Waals surface area contributed by atoms with Crippen molar-refractivity contribution in [2.45, 2.75) is 25.2 Å². The highest BCUT2D eigenvalue weighted by Gasteiger charge is 2.18. The summed E-state index contributed by atoms with van der Waals surface area (Å²) in [4.78, 5) is 20.1. The molecule has 2 aromatic rings. The maximum Gasteiger partial charge on any atom is 0.244 e. The first-order chi connectivity index (χ1) is 12.3. The van der Waals surface area contributed by atoms with Gasteiger partial charge >= 0.3 is 0 Å². The molecule has 1 fully saturated rings. The Morgan fingerprint density at radius 2 is 1.52 bits per heavy atom. The van der Waals surface area contributed by atoms with Gasteiger partial charge < -0.3 is 4.90 Å². The van der Waals surface area contributed by atoms with Crippen molar-refractivity contribution in [3.8, 4) is 0 Å².